The fourth-order valence-corrected chi connectivity index (χ4v) is 0.661. The van der Waals surface area contributed by atoms with Crippen molar-refractivity contribution in [2.24, 2.45) is 5.73 Å². The Morgan fingerprint density at radius 3 is 2.78 bits per heavy atom. The first kappa shape index (κ1) is 5.94. The third-order valence-electron chi connectivity index (χ3n) is 1.12. The summed E-state index contributed by atoms with van der Waals surface area (Å²) in [5.41, 5.74) is 5.64. The van der Waals surface area contributed by atoms with Crippen LogP contribution in [0.25, 0.3) is 0 Å². The van der Waals surface area contributed by atoms with Gasteiger partial charge in [-0.1, -0.05) is 0 Å². The molecule has 0 radical (unpaired) electrons. The molecule has 0 fully saturated rings. The van der Waals surface area contributed by atoms with Gasteiger partial charge in [0.1, 0.15) is 0 Å². The molecule has 0 saturated heterocycles. The van der Waals surface area contributed by atoms with Gasteiger partial charge in [0.05, 0.1) is 5.70 Å². The molecule has 0 aromatic heterocycles. The lowest BCUT2D eigenvalue weighted by Crippen LogP contribution is -2.14. The number of allylic oxidation sites excluding steroid dienone is 1. The Labute approximate surface area is 52.7 Å². The van der Waals surface area contributed by atoms with Crippen LogP contribution in [0.3, 0.4) is 0 Å². The second kappa shape index (κ2) is 1.97. The van der Waals surface area contributed by atoms with Crippen molar-refractivity contribution < 1.29 is 9.53 Å². The first-order valence-corrected chi connectivity index (χ1v) is 2.59. The van der Waals surface area contributed by atoms with E-state index in [1.165, 1.54) is 0 Å². The highest BCUT2D eigenvalue weighted by molar-refractivity contribution is 5.90. The smallest absolute Gasteiger partial charge is 0.285 e. The standard InChI is InChI=1S/C5H8N2O2/c1-3-4(5(6)8)9-2-7-3/h7H,2H2,1H3,(H2,6,8). The number of carbonyl (C=O) groups is 1. The summed E-state index contributed by atoms with van der Waals surface area (Å²) in [4.78, 5) is 10.4. The lowest BCUT2D eigenvalue weighted by molar-refractivity contribution is -0.117. The Bertz CT molecular complexity index is 174. The van der Waals surface area contributed by atoms with Crippen molar-refractivity contribution in [1.82, 2.24) is 5.32 Å². The normalized spacial score (nSPS) is 17.0. The number of nitrogens with two attached hydrogens (primary N) is 1. The third kappa shape index (κ3) is 0.960. The van der Waals surface area contributed by atoms with Crippen LogP contribution in [0.15, 0.2) is 11.5 Å². The quantitative estimate of drug-likeness (QED) is 0.490. The minimum absolute atomic E-state index is 0.245. The molecular formula is C5H8N2O2. The van der Waals surface area contributed by atoms with E-state index in [1.807, 2.05) is 0 Å². The molecule has 1 aliphatic heterocycles. The number of rotatable bonds is 1. The van der Waals surface area contributed by atoms with E-state index >= 15 is 0 Å². The molecule has 50 valence electrons. The van der Waals surface area contributed by atoms with Crippen LogP contribution in [0.1, 0.15) is 6.92 Å². The molecule has 0 aromatic carbocycles. The predicted octanol–water partition coefficient (Wildman–Crippen LogP) is -0.720. The largest absolute Gasteiger partial charge is 0.466 e. The lowest BCUT2D eigenvalue weighted by Gasteiger charge is -1.93. The van der Waals surface area contributed by atoms with Crippen molar-refractivity contribution in [2.45, 2.75) is 6.92 Å². The zero-order valence-corrected chi connectivity index (χ0v) is 5.10. The molecule has 4 nitrogen and oxygen atoms in total. The van der Waals surface area contributed by atoms with Gasteiger partial charge in [-0.15, -0.1) is 0 Å². The zero-order valence-electron chi connectivity index (χ0n) is 5.10. The van der Waals surface area contributed by atoms with E-state index in [0.717, 1.165) is 0 Å². The maximum atomic E-state index is 10.4. The minimum Gasteiger partial charge on any atom is -0.466 e. The van der Waals surface area contributed by atoms with Gasteiger partial charge in [0, 0.05) is 0 Å². The topological polar surface area (TPSA) is 64.4 Å². The summed E-state index contributed by atoms with van der Waals surface area (Å²) in [5.74, 6) is -0.271. The summed E-state index contributed by atoms with van der Waals surface area (Å²) < 4.78 is 4.82. The van der Waals surface area contributed by atoms with E-state index in [9.17, 15) is 4.79 Å². The average Bonchev–Trinajstić information content (AvgIpc) is 2.13. The SMILES string of the molecule is CC1=C(C(N)=O)OCN1. The third-order valence-corrected chi connectivity index (χ3v) is 1.12. The summed E-state index contributed by atoms with van der Waals surface area (Å²) >= 11 is 0. The molecule has 4 heteroatoms. The molecule has 9 heavy (non-hydrogen) atoms. The first-order valence-electron chi connectivity index (χ1n) is 2.59. The van der Waals surface area contributed by atoms with Crippen molar-refractivity contribution in [2.75, 3.05) is 6.73 Å². The van der Waals surface area contributed by atoms with Crippen molar-refractivity contribution in [3.63, 3.8) is 0 Å². The molecule has 0 spiro atoms. The van der Waals surface area contributed by atoms with E-state index in [-0.39, 0.29) is 5.76 Å². The second-order valence-corrected chi connectivity index (χ2v) is 1.78. The van der Waals surface area contributed by atoms with Crippen molar-refractivity contribution in [3.8, 4) is 0 Å². The van der Waals surface area contributed by atoms with E-state index < -0.39 is 5.91 Å². The van der Waals surface area contributed by atoms with Crippen LogP contribution in [-0.4, -0.2) is 12.6 Å². The summed E-state index contributed by atoms with van der Waals surface area (Å²) in [6.45, 7) is 2.09. The molecule has 0 atom stereocenters. The van der Waals surface area contributed by atoms with E-state index in [2.05, 4.69) is 5.32 Å². The number of hydrogen-bond donors (Lipinski definition) is 2. The van der Waals surface area contributed by atoms with Gasteiger partial charge in [0.25, 0.3) is 5.91 Å². The molecule has 0 bridgehead atoms. The molecule has 1 heterocycles. The molecule has 0 aromatic rings. The van der Waals surface area contributed by atoms with Crippen LogP contribution in [-0.2, 0) is 9.53 Å². The highest BCUT2D eigenvalue weighted by atomic mass is 16.5. The Balaban J connectivity index is 2.78. The number of carbonyl (C=O) groups excluding carboxylic acids is 1. The summed E-state index contributed by atoms with van der Waals surface area (Å²) in [5, 5.41) is 2.81. The fourth-order valence-electron chi connectivity index (χ4n) is 0.661. The van der Waals surface area contributed by atoms with Crippen LogP contribution in [0.2, 0.25) is 0 Å². The molecular weight excluding hydrogens is 120 g/mol. The predicted molar refractivity (Wildman–Crippen MR) is 31.0 cm³/mol. The number of ether oxygens (including phenoxy) is 1. The molecule has 1 rings (SSSR count). The number of primary amides is 1. The van der Waals surface area contributed by atoms with Crippen LogP contribution < -0.4 is 11.1 Å². The van der Waals surface area contributed by atoms with Gasteiger partial charge in [-0.3, -0.25) is 4.79 Å². The van der Waals surface area contributed by atoms with Gasteiger partial charge in [-0.25, -0.2) is 0 Å². The van der Waals surface area contributed by atoms with Gasteiger partial charge in [0.2, 0.25) is 5.76 Å². The maximum Gasteiger partial charge on any atom is 0.285 e. The van der Waals surface area contributed by atoms with Gasteiger partial charge >= 0.3 is 0 Å². The Kier molecular flexibility index (Phi) is 1.30. The van der Waals surface area contributed by atoms with Crippen molar-refractivity contribution in [3.05, 3.63) is 11.5 Å². The Morgan fingerprint density at radius 2 is 2.56 bits per heavy atom. The second-order valence-electron chi connectivity index (χ2n) is 1.78. The molecule has 0 saturated carbocycles. The minimum atomic E-state index is -0.516. The number of hydrogen-bond acceptors (Lipinski definition) is 3. The van der Waals surface area contributed by atoms with Gasteiger partial charge < -0.3 is 15.8 Å². The maximum absolute atomic E-state index is 10.4. The lowest BCUT2D eigenvalue weighted by atomic mass is 10.4. The monoisotopic (exact) mass is 128 g/mol. The highest BCUT2D eigenvalue weighted by Gasteiger charge is 2.15. The molecule has 1 amide bonds. The molecule has 0 unspecified atom stereocenters. The first-order chi connectivity index (χ1) is 4.22. The average molecular weight is 128 g/mol. The number of nitrogens with one attached hydrogen (secondary N) is 1. The van der Waals surface area contributed by atoms with Gasteiger partial charge in [-0.05, 0) is 6.92 Å². The summed E-state index contributed by atoms with van der Waals surface area (Å²) in [6.07, 6.45) is 0. The van der Waals surface area contributed by atoms with E-state index in [4.69, 9.17) is 10.5 Å². The molecule has 3 N–H and O–H groups in total. The fraction of sp³-hybridized carbons (Fsp3) is 0.400. The van der Waals surface area contributed by atoms with Crippen LogP contribution in [0.4, 0.5) is 0 Å². The molecule has 0 aliphatic carbocycles. The highest BCUT2D eigenvalue weighted by Crippen LogP contribution is 2.07. The van der Waals surface area contributed by atoms with Crippen LogP contribution >= 0.6 is 0 Å². The van der Waals surface area contributed by atoms with Crippen LogP contribution in [0.5, 0.6) is 0 Å². The van der Waals surface area contributed by atoms with E-state index in [0.29, 0.717) is 12.4 Å². The summed E-state index contributed by atoms with van der Waals surface area (Å²) in [6, 6.07) is 0. The summed E-state index contributed by atoms with van der Waals surface area (Å²) in [7, 11) is 0. The van der Waals surface area contributed by atoms with Gasteiger partial charge in [0.15, 0.2) is 6.73 Å². The Hall–Kier alpha value is -1.19. The van der Waals surface area contributed by atoms with Crippen molar-refractivity contribution in [1.29, 1.82) is 0 Å². The van der Waals surface area contributed by atoms with E-state index in [1.54, 1.807) is 6.92 Å². The van der Waals surface area contributed by atoms with Crippen molar-refractivity contribution >= 4 is 5.91 Å². The Morgan fingerprint density at radius 1 is 1.89 bits per heavy atom. The van der Waals surface area contributed by atoms with Gasteiger partial charge in [-0.2, -0.15) is 0 Å². The number of amides is 1. The molecule has 1 aliphatic rings. The van der Waals surface area contributed by atoms with Crippen LogP contribution in [0, 0.1) is 0 Å². The zero-order chi connectivity index (χ0) is 6.85.